The van der Waals surface area contributed by atoms with E-state index in [-0.39, 0.29) is 12.7 Å². The van der Waals surface area contributed by atoms with Gasteiger partial charge >= 0.3 is 0 Å². The van der Waals surface area contributed by atoms with E-state index in [9.17, 15) is 4.79 Å². The number of amides is 1. The monoisotopic (exact) mass is 326 g/mol. The number of anilines is 2. The van der Waals surface area contributed by atoms with E-state index < -0.39 is 0 Å². The van der Waals surface area contributed by atoms with E-state index in [4.69, 9.17) is 9.47 Å². The Kier molecular flexibility index (Phi) is 3.90. The topological polar surface area (TPSA) is 85.4 Å². The first kappa shape index (κ1) is 14.7. The Labute approximate surface area is 139 Å². The predicted octanol–water partition coefficient (Wildman–Crippen LogP) is 2.81. The van der Waals surface area contributed by atoms with Crippen molar-refractivity contribution in [2.45, 2.75) is 31.7 Å². The Morgan fingerprint density at radius 3 is 2.54 bits per heavy atom. The molecule has 1 aliphatic carbocycles. The molecule has 7 heteroatoms. The molecule has 4 rings (SSSR count). The summed E-state index contributed by atoms with van der Waals surface area (Å²) in [6, 6.07) is 9.12. The second-order valence-electron chi connectivity index (χ2n) is 5.95. The van der Waals surface area contributed by atoms with E-state index in [1.165, 1.54) is 25.7 Å². The molecule has 0 bridgehead atoms. The predicted molar refractivity (Wildman–Crippen MR) is 88.4 cm³/mol. The molecular weight excluding hydrogens is 308 g/mol. The Hall–Kier alpha value is -2.83. The average Bonchev–Trinajstić information content (AvgIpc) is 3.27. The molecule has 0 atom stereocenters. The fourth-order valence-corrected chi connectivity index (χ4v) is 2.98. The summed E-state index contributed by atoms with van der Waals surface area (Å²) in [4.78, 5) is 12.3. The van der Waals surface area contributed by atoms with Gasteiger partial charge in [-0.05, 0) is 43.2 Å². The lowest BCUT2D eigenvalue weighted by Crippen LogP contribution is -2.17. The molecule has 1 aromatic carbocycles. The van der Waals surface area contributed by atoms with E-state index in [2.05, 4.69) is 20.8 Å². The van der Waals surface area contributed by atoms with Crippen LogP contribution >= 0.6 is 0 Å². The molecule has 1 fully saturated rings. The molecule has 0 spiro atoms. The van der Waals surface area contributed by atoms with E-state index in [0.29, 0.717) is 28.9 Å². The highest BCUT2D eigenvalue weighted by Crippen LogP contribution is 2.32. The van der Waals surface area contributed by atoms with Gasteiger partial charge in [-0.1, -0.05) is 12.8 Å². The third-order valence-corrected chi connectivity index (χ3v) is 4.25. The summed E-state index contributed by atoms with van der Waals surface area (Å²) in [6.45, 7) is 0.182. The lowest BCUT2D eigenvalue weighted by molar-refractivity contribution is 0.102. The Morgan fingerprint density at radius 1 is 1.00 bits per heavy atom. The smallest absolute Gasteiger partial charge is 0.257 e. The van der Waals surface area contributed by atoms with E-state index in [0.717, 1.165) is 5.82 Å². The minimum absolute atomic E-state index is 0.182. The van der Waals surface area contributed by atoms with Crippen LogP contribution in [0, 0.1) is 0 Å². The van der Waals surface area contributed by atoms with Crippen molar-refractivity contribution in [3.8, 4) is 11.5 Å². The summed E-state index contributed by atoms with van der Waals surface area (Å²) in [6.07, 6.45) is 4.86. The zero-order valence-corrected chi connectivity index (χ0v) is 13.1. The van der Waals surface area contributed by atoms with Crippen molar-refractivity contribution in [1.82, 2.24) is 10.2 Å². The molecule has 124 valence electrons. The summed E-state index contributed by atoms with van der Waals surface area (Å²) in [5.41, 5.74) is 0.481. The highest BCUT2D eigenvalue weighted by Gasteiger charge is 2.17. The van der Waals surface area contributed by atoms with Crippen LogP contribution in [0.2, 0.25) is 0 Å². The number of fused-ring (bicyclic) bond motifs is 1. The molecule has 2 N–H and O–H groups in total. The molecular formula is C17H18N4O3. The number of nitrogens with zero attached hydrogens (tertiary/aromatic N) is 2. The zero-order chi connectivity index (χ0) is 16.4. The number of benzene rings is 1. The van der Waals surface area contributed by atoms with Crippen molar-refractivity contribution < 1.29 is 14.3 Å². The summed E-state index contributed by atoms with van der Waals surface area (Å²) in [7, 11) is 0. The fraction of sp³-hybridized carbons (Fsp3) is 0.353. The third kappa shape index (κ3) is 3.10. The van der Waals surface area contributed by atoms with Gasteiger partial charge in [0.05, 0.1) is 0 Å². The van der Waals surface area contributed by atoms with Gasteiger partial charge in [-0.2, -0.15) is 0 Å². The largest absolute Gasteiger partial charge is 0.454 e. The number of aromatic nitrogens is 2. The van der Waals surface area contributed by atoms with Crippen LogP contribution < -0.4 is 20.1 Å². The number of hydrogen-bond donors (Lipinski definition) is 2. The highest BCUT2D eigenvalue weighted by molar-refractivity contribution is 6.04. The molecule has 0 unspecified atom stereocenters. The van der Waals surface area contributed by atoms with Crippen molar-refractivity contribution in [3.63, 3.8) is 0 Å². The minimum Gasteiger partial charge on any atom is -0.454 e. The van der Waals surface area contributed by atoms with Crippen LogP contribution in [0.3, 0.4) is 0 Å². The Bertz CT molecular complexity index is 742. The minimum atomic E-state index is -0.265. The SMILES string of the molecule is O=C(Nc1ccc(NC2CCCC2)nn1)c1ccc2c(c1)OCO2. The lowest BCUT2D eigenvalue weighted by Gasteiger charge is -2.12. The van der Waals surface area contributed by atoms with Crippen molar-refractivity contribution in [3.05, 3.63) is 35.9 Å². The zero-order valence-electron chi connectivity index (χ0n) is 13.1. The lowest BCUT2D eigenvalue weighted by atomic mass is 10.2. The van der Waals surface area contributed by atoms with Gasteiger partial charge in [-0.25, -0.2) is 0 Å². The molecule has 1 aromatic heterocycles. The molecule has 1 aliphatic heterocycles. The number of carbonyl (C=O) groups excluding carboxylic acids is 1. The molecule has 2 aliphatic rings. The average molecular weight is 326 g/mol. The van der Waals surface area contributed by atoms with Gasteiger partial charge in [-0.15, -0.1) is 10.2 Å². The van der Waals surface area contributed by atoms with Crippen LogP contribution in [0.1, 0.15) is 36.0 Å². The van der Waals surface area contributed by atoms with Gasteiger partial charge in [0.15, 0.2) is 17.3 Å². The number of hydrogen-bond acceptors (Lipinski definition) is 6. The standard InChI is InChI=1S/C17H18N4O3/c22-17(11-5-6-13-14(9-11)24-10-23-13)19-16-8-7-15(20-21-16)18-12-3-1-2-4-12/h5-9,12H,1-4,10H2,(H,18,20)(H,19,21,22). The van der Waals surface area contributed by atoms with Gasteiger partial charge in [0, 0.05) is 11.6 Å². The fourth-order valence-electron chi connectivity index (χ4n) is 2.98. The van der Waals surface area contributed by atoms with Crippen molar-refractivity contribution in [2.24, 2.45) is 0 Å². The number of ether oxygens (including phenoxy) is 2. The van der Waals surface area contributed by atoms with Gasteiger partial charge in [0.1, 0.15) is 5.82 Å². The van der Waals surface area contributed by atoms with Crippen LogP contribution in [0.4, 0.5) is 11.6 Å². The van der Waals surface area contributed by atoms with Crippen LogP contribution in [0.25, 0.3) is 0 Å². The molecule has 24 heavy (non-hydrogen) atoms. The maximum absolute atomic E-state index is 12.3. The molecule has 7 nitrogen and oxygen atoms in total. The summed E-state index contributed by atoms with van der Waals surface area (Å²) < 4.78 is 10.5. The quantitative estimate of drug-likeness (QED) is 0.898. The number of nitrogens with one attached hydrogen (secondary N) is 2. The Morgan fingerprint density at radius 2 is 1.75 bits per heavy atom. The van der Waals surface area contributed by atoms with Gasteiger partial charge in [0.2, 0.25) is 6.79 Å². The summed E-state index contributed by atoms with van der Waals surface area (Å²) in [5, 5.41) is 14.3. The van der Waals surface area contributed by atoms with Crippen LogP contribution in [0.15, 0.2) is 30.3 Å². The highest BCUT2D eigenvalue weighted by atomic mass is 16.7. The Balaban J connectivity index is 1.40. The molecule has 2 heterocycles. The number of rotatable bonds is 4. The molecule has 1 saturated carbocycles. The number of carbonyl (C=O) groups is 1. The van der Waals surface area contributed by atoms with Gasteiger partial charge in [-0.3, -0.25) is 4.79 Å². The molecule has 0 saturated heterocycles. The van der Waals surface area contributed by atoms with E-state index in [1.807, 2.05) is 6.07 Å². The van der Waals surface area contributed by atoms with Crippen LogP contribution in [-0.2, 0) is 0 Å². The third-order valence-electron chi connectivity index (χ3n) is 4.25. The second kappa shape index (κ2) is 6.35. The summed E-state index contributed by atoms with van der Waals surface area (Å²) in [5.74, 6) is 2.11. The first-order valence-electron chi connectivity index (χ1n) is 8.09. The van der Waals surface area contributed by atoms with Crippen LogP contribution in [0.5, 0.6) is 11.5 Å². The maximum atomic E-state index is 12.3. The van der Waals surface area contributed by atoms with Crippen molar-refractivity contribution in [2.75, 3.05) is 17.4 Å². The second-order valence-corrected chi connectivity index (χ2v) is 5.95. The van der Waals surface area contributed by atoms with E-state index in [1.54, 1.807) is 24.3 Å². The molecule has 2 aromatic rings. The van der Waals surface area contributed by atoms with Gasteiger partial charge < -0.3 is 20.1 Å². The van der Waals surface area contributed by atoms with Crippen molar-refractivity contribution >= 4 is 17.5 Å². The maximum Gasteiger partial charge on any atom is 0.257 e. The van der Waals surface area contributed by atoms with E-state index >= 15 is 0 Å². The normalized spacial score (nSPS) is 16.2. The molecule has 0 radical (unpaired) electrons. The first-order valence-corrected chi connectivity index (χ1v) is 8.09. The summed E-state index contributed by atoms with van der Waals surface area (Å²) >= 11 is 0. The first-order chi connectivity index (χ1) is 11.8. The van der Waals surface area contributed by atoms with Crippen molar-refractivity contribution in [1.29, 1.82) is 0 Å². The van der Waals surface area contributed by atoms with Crippen LogP contribution in [-0.4, -0.2) is 28.9 Å². The van der Waals surface area contributed by atoms with Gasteiger partial charge in [0.25, 0.3) is 5.91 Å². The molecule has 1 amide bonds.